The topological polar surface area (TPSA) is 77.3 Å². The maximum Gasteiger partial charge on any atom is 0.328 e. The Hall–Kier alpha value is -2.35. The van der Waals surface area contributed by atoms with Gasteiger partial charge in [-0.15, -0.1) is 10.2 Å². The van der Waals surface area contributed by atoms with E-state index >= 15 is 0 Å². The van der Waals surface area contributed by atoms with Gasteiger partial charge in [-0.05, 0) is 30.9 Å². The van der Waals surface area contributed by atoms with Crippen LogP contribution in [0.4, 0.5) is 0 Å². The molecule has 148 valence electrons. The second-order valence-electron chi connectivity index (χ2n) is 7.18. The molecule has 28 heavy (non-hydrogen) atoms. The van der Waals surface area contributed by atoms with Crippen LogP contribution in [0.3, 0.4) is 0 Å². The number of benzene rings is 1. The number of aromatic nitrogens is 3. The Bertz CT molecular complexity index is 893. The van der Waals surface area contributed by atoms with E-state index in [1.165, 1.54) is 18.9 Å². The van der Waals surface area contributed by atoms with Gasteiger partial charge in [-0.2, -0.15) is 0 Å². The van der Waals surface area contributed by atoms with Gasteiger partial charge < -0.3 is 14.2 Å². The lowest BCUT2D eigenvalue weighted by atomic mass is 9.94. The molecule has 1 atom stereocenters. The lowest BCUT2D eigenvalue weighted by Crippen LogP contribution is -2.49. The van der Waals surface area contributed by atoms with E-state index in [1.807, 2.05) is 24.3 Å². The van der Waals surface area contributed by atoms with E-state index in [2.05, 4.69) is 21.7 Å². The largest absolute Gasteiger partial charge is 0.467 e. The van der Waals surface area contributed by atoms with Crippen molar-refractivity contribution in [2.24, 2.45) is 0 Å². The maximum atomic E-state index is 13.0. The molecule has 2 heterocycles. The standard InChI is InChI=1S/C20H24N4O3S/c1-3-23-18(13-8-9-13)21-22-20(23)28-12-17(25)24-11-15-7-5-4-6-14(15)10-16(24)19(26)27-2/h4-7,13,16H,3,8-12H2,1-2H3/t16-/m1/s1. The van der Waals surface area contributed by atoms with Crippen LogP contribution in [0, 0.1) is 0 Å². The van der Waals surface area contributed by atoms with E-state index in [0.29, 0.717) is 18.9 Å². The highest BCUT2D eigenvalue weighted by molar-refractivity contribution is 7.99. The quantitative estimate of drug-likeness (QED) is 0.547. The van der Waals surface area contributed by atoms with Crippen LogP contribution >= 0.6 is 11.8 Å². The van der Waals surface area contributed by atoms with E-state index in [-0.39, 0.29) is 17.6 Å². The Morgan fingerprint density at radius 3 is 2.64 bits per heavy atom. The molecule has 2 aromatic rings. The van der Waals surface area contributed by atoms with Crippen molar-refractivity contribution < 1.29 is 14.3 Å². The average molecular weight is 401 g/mol. The van der Waals surface area contributed by atoms with Crippen LogP contribution in [0.15, 0.2) is 29.4 Å². The number of esters is 1. The molecule has 1 amide bonds. The Morgan fingerprint density at radius 1 is 1.21 bits per heavy atom. The fourth-order valence-corrected chi connectivity index (χ4v) is 4.58. The van der Waals surface area contributed by atoms with Gasteiger partial charge in [0.05, 0.1) is 12.9 Å². The van der Waals surface area contributed by atoms with Gasteiger partial charge >= 0.3 is 5.97 Å². The first-order valence-corrected chi connectivity index (χ1v) is 10.6. The van der Waals surface area contributed by atoms with Crippen molar-refractivity contribution in [2.45, 2.75) is 56.4 Å². The Kier molecular flexibility index (Phi) is 5.39. The third kappa shape index (κ3) is 3.65. The summed E-state index contributed by atoms with van der Waals surface area (Å²) in [5.74, 6) is 1.30. The molecule has 1 aliphatic carbocycles. The van der Waals surface area contributed by atoms with E-state index in [4.69, 9.17) is 4.74 Å². The van der Waals surface area contributed by atoms with Gasteiger partial charge in [0, 0.05) is 25.4 Å². The summed E-state index contributed by atoms with van der Waals surface area (Å²) in [5, 5.41) is 9.37. The van der Waals surface area contributed by atoms with Crippen LogP contribution < -0.4 is 0 Å². The molecule has 2 aliphatic rings. The first kappa shape index (κ1) is 19.0. The summed E-state index contributed by atoms with van der Waals surface area (Å²) in [5.41, 5.74) is 2.17. The Morgan fingerprint density at radius 2 is 1.96 bits per heavy atom. The number of thioether (sulfide) groups is 1. The molecule has 0 N–H and O–H groups in total. The van der Waals surface area contributed by atoms with Crippen molar-refractivity contribution in [3.05, 3.63) is 41.2 Å². The van der Waals surface area contributed by atoms with E-state index in [1.54, 1.807) is 4.90 Å². The molecule has 8 heteroatoms. The van der Waals surface area contributed by atoms with Crippen molar-refractivity contribution in [2.75, 3.05) is 12.9 Å². The minimum atomic E-state index is -0.584. The molecule has 0 unspecified atom stereocenters. The van der Waals surface area contributed by atoms with Crippen molar-refractivity contribution >= 4 is 23.6 Å². The van der Waals surface area contributed by atoms with Crippen molar-refractivity contribution in [3.63, 3.8) is 0 Å². The normalized spacial score (nSPS) is 18.6. The molecule has 1 aliphatic heterocycles. The summed E-state index contributed by atoms with van der Waals surface area (Å²) in [6.07, 6.45) is 2.81. The predicted molar refractivity (Wildman–Crippen MR) is 105 cm³/mol. The zero-order valence-electron chi connectivity index (χ0n) is 16.1. The average Bonchev–Trinajstić information content (AvgIpc) is 3.49. The van der Waals surface area contributed by atoms with Gasteiger partial charge in [0.2, 0.25) is 5.91 Å². The van der Waals surface area contributed by atoms with Gasteiger partial charge in [-0.1, -0.05) is 36.0 Å². The number of carbonyl (C=O) groups is 2. The van der Waals surface area contributed by atoms with Gasteiger partial charge in [-0.3, -0.25) is 4.79 Å². The third-order valence-corrected chi connectivity index (χ3v) is 6.32. The van der Waals surface area contributed by atoms with Crippen LogP contribution in [0.1, 0.15) is 42.6 Å². The fourth-order valence-electron chi connectivity index (χ4n) is 3.69. The molecule has 0 saturated heterocycles. The summed E-state index contributed by atoms with van der Waals surface area (Å²) in [6.45, 7) is 3.27. The van der Waals surface area contributed by atoms with E-state index in [9.17, 15) is 9.59 Å². The van der Waals surface area contributed by atoms with Crippen molar-refractivity contribution in [1.82, 2.24) is 19.7 Å². The minimum absolute atomic E-state index is 0.0893. The SMILES string of the molecule is CCn1c(SCC(=O)N2Cc3ccccc3C[C@@H]2C(=O)OC)nnc1C1CC1. The number of rotatable bonds is 6. The first-order chi connectivity index (χ1) is 13.6. The van der Waals surface area contributed by atoms with Crippen LogP contribution in [0.25, 0.3) is 0 Å². The highest BCUT2D eigenvalue weighted by Crippen LogP contribution is 2.40. The lowest BCUT2D eigenvalue weighted by molar-refractivity contribution is -0.153. The first-order valence-electron chi connectivity index (χ1n) is 9.62. The molecule has 1 saturated carbocycles. The molecule has 0 spiro atoms. The van der Waals surface area contributed by atoms with E-state index < -0.39 is 6.04 Å². The number of nitrogens with zero attached hydrogens (tertiary/aromatic N) is 4. The molecule has 7 nitrogen and oxygen atoms in total. The zero-order valence-corrected chi connectivity index (χ0v) is 16.9. The minimum Gasteiger partial charge on any atom is -0.467 e. The van der Waals surface area contributed by atoms with Crippen LogP contribution in [-0.2, 0) is 33.8 Å². The Balaban J connectivity index is 1.49. The summed E-state index contributed by atoms with van der Waals surface area (Å²) < 4.78 is 7.05. The van der Waals surface area contributed by atoms with Gasteiger partial charge in [0.25, 0.3) is 0 Å². The van der Waals surface area contributed by atoms with Crippen molar-refractivity contribution in [1.29, 1.82) is 0 Å². The second kappa shape index (κ2) is 7.95. The number of hydrogen-bond donors (Lipinski definition) is 0. The molecule has 0 radical (unpaired) electrons. The number of methoxy groups -OCH3 is 1. The van der Waals surface area contributed by atoms with Gasteiger partial charge in [0.1, 0.15) is 11.9 Å². The molecule has 1 aromatic carbocycles. The highest BCUT2D eigenvalue weighted by Gasteiger charge is 2.35. The van der Waals surface area contributed by atoms with Crippen LogP contribution in [0.5, 0.6) is 0 Å². The molecule has 0 bridgehead atoms. The van der Waals surface area contributed by atoms with E-state index in [0.717, 1.165) is 41.5 Å². The number of carbonyl (C=O) groups excluding carboxylic acids is 2. The Labute approximate surface area is 168 Å². The molecule has 1 fully saturated rings. The number of hydrogen-bond acceptors (Lipinski definition) is 6. The van der Waals surface area contributed by atoms with Gasteiger partial charge in [-0.25, -0.2) is 4.79 Å². The molecule has 1 aromatic heterocycles. The smallest absolute Gasteiger partial charge is 0.328 e. The zero-order chi connectivity index (χ0) is 19.7. The summed E-state index contributed by atoms with van der Waals surface area (Å²) in [4.78, 5) is 26.9. The highest BCUT2D eigenvalue weighted by atomic mass is 32.2. The number of ether oxygens (including phenoxy) is 1. The molecular weight excluding hydrogens is 376 g/mol. The van der Waals surface area contributed by atoms with Crippen LogP contribution in [0.2, 0.25) is 0 Å². The molecule has 4 rings (SSSR count). The monoisotopic (exact) mass is 400 g/mol. The second-order valence-corrected chi connectivity index (χ2v) is 8.12. The summed E-state index contributed by atoms with van der Waals surface area (Å²) in [6, 6.07) is 7.34. The number of amides is 1. The summed E-state index contributed by atoms with van der Waals surface area (Å²) in [7, 11) is 1.36. The molecular formula is C20H24N4O3S. The summed E-state index contributed by atoms with van der Waals surface area (Å²) >= 11 is 1.39. The predicted octanol–water partition coefficient (Wildman–Crippen LogP) is 2.39. The fraction of sp³-hybridized carbons (Fsp3) is 0.500. The third-order valence-electron chi connectivity index (χ3n) is 5.37. The van der Waals surface area contributed by atoms with Crippen LogP contribution in [-0.4, -0.2) is 50.4 Å². The van der Waals surface area contributed by atoms with Gasteiger partial charge in [0.15, 0.2) is 5.16 Å². The lowest BCUT2D eigenvalue weighted by Gasteiger charge is -2.35. The van der Waals surface area contributed by atoms with Crippen molar-refractivity contribution in [3.8, 4) is 0 Å². The maximum absolute atomic E-state index is 13.0. The number of fused-ring (bicyclic) bond motifs is 1.